The number of carbonyl (C=O) groups excluding carboxylic acids is 3. The van der Waals surface area contributed by atoms with Gasteiger partial charge in [0.1, 0.15) is 0 Å². The van der Waals surface area contributed by atoms with Crippen molar-refractivity contribution in [3.8, 4) is 0 Å². The number of rotatable bonds is 4. The van der Waals surface area contributed by atoms with E-state index in [1.165, 1.54) is 6.92 Å². The van der Waals surface area contributed by atoms with Crippen LogP contribution in [0.25, 0.3) is 0 Å². The second-order valence-corrected chi connectivity index (χ2v) is 6.96. The molecule has 0 aliphatic carbocycles. The molecule has 25 heavy (non-hydrogen) atoms. The molecule has 3 rings (SSSR count). The molecule has 1 aromatic rings. The molecule has 1 atom stereocenters. The molecule has 2 saturated heterocycles. The van der Waals surface area contributed by atoms with Crippen molar-refractivity contribution in [1.29, 1.82) is 0 Å². The lowest BCUT2D eigenvalue weighted by atomic mass is 10.0. The molecule has 6 heteroatoms. The molecule has 2 heterocycles. The number of likely N-dealkylation sites (tertiary alicyclic amines) is 2. The van der Waals surface area contributed by atoms with E-state index in [1.54, 1.807) is 4.90 Å². The van der Waals surface area contributed by atoms with Crippen molar-refractivity contribution >= 4 is 17.7 Å². The highest BCUT2D eigenvalue weighted by Crippen LogP contribution is 2.23. The van der Waals surface area contributed by atoms with Gasteiger partial charge in [0.15, 0.2) is 0 Å². The Morgan fingerprint density at radius 2 is 1.84 bits per heavy atom. The maximum Gasteiger partial charge on any atom is 0.227 e. The van der Waals surface area contributed by atoms with E-state index in [9.17, 15) is 14.4 Å². The second kappa shape index (κ2) is 7.68. The number of benzene rings is 1. The molecule has 0 radical (unpaired) electrons. The number of nitrogens with one attached hydrogen (secondary N) is 1. The lowest BCUT2D eigenvalue weighted by Gasteiger charge is -2.33. The molecular weight excluding hydrogens is 318 g/mol. The summed E-state index contributed by atoms with van der Waals surface area (Å²) in [5.74, 6) is -0.142. The van der Waals surface area contributed by atoms with Crippen LogP contribution in [-0.2, 0) is 20.9 Å². The highest BCUT2D eigenvalue weighted by molar-refractivity contribution is 5.89. The third-order valence-corrected chi connectivity index (χ3v) is 4.99. The van der Waals surface area contributed by atoms with Crippen molar-refractivity contribution in [2.45, 2.75) is 38.8 Å². The van der Waals surface area contributed by atoms with Gasteiger partial charge in [0.2, 0.25) is 17.7 Å². The number of hydrogen-bond donors (Lipinski definition) is 1. The monoisotopic (exact) mass is 343 g/mol. The van der Waals surface area contributed by atoms with E-state index < -0.39 is 0 Å². The molecule has 6 nitrogen and oxygen atoms in total. The molecule has 2 fully saturated rings. The predicted octanol–water partition coefficient (Wildman–Crippen LogP) is 1.16. The maximum atomic E-state index is 12.7. The Labute approximate surface area is 148 Å². The van der Waals surface area contributed by atoms with Gasteiger partial charge < -0.3 is 15.1 Å². The molecule has 3 amide bonds. The van der Waals surface area contributed by atoms with Crippen LogP contribution in [0.1, 0.15) is 31.7 Å². The first-order valence-corrected chi connectivity index (χ1v) is 8.90. The Morgan fingerprint density at radius 3 is 2.48 bits per heavy atom. The maximum absolute atomic E-state index is 12.7. The highest BCUT2D eigenvalue weighted by atomic mass is 16.2. The summed E-state index contributed by atoms with van der Waals surface area (Å²) in [7, 11) is 0. The van der Waals surface area contributed by atoms with Crippen LogP contribution in [0.5, 0.6) is 0 Å². The third kappa shape index (κ3) is 4.38. The van der Waals surface area contributed by atoms with Crippen molar-refractivity contribution in [1.82, 2.24) is 15.1 Å². The van der Waals surface area contributed by atoms with Crippen molar-refractivity contribution < 1.29 is 14.4 Å². The summed E-state index contributed by atoms with van der Waals surface area (Å²) in [4.78, 5) is 39.7. The zero-order chi connectivity index (χ0) is 17.8. The molecule has 134 valence electrons. The number of hydrogen-bond acceptors (Lipinski definition) is 3. The van der Waals surface area contributed by atoms with Crippen LogP contribution < -0.4 is 5.32 Å². The average molecular weight is 343 g/mol. The van der Waals surface area contributed by atoms with Gasteiger partial charge in [0.25, 0.3) is 0 Å². The van der Waals surface area contributed by atoms with E-state index >= 15 is 0 Å². The summed E-state index contributed by atoms with van der Waals surface area (Å²) in [6, 6.07) is 10.0. The summed E-state index contributed by atoms with van der Waals surface area (Å²) >= 11 is 0. The van der Waals surface area contributed by atoms with Crippen LogP contribution in [0.3, 0.4) is 0 Å². The molecule has 0 saturated carbocycles. The molecule has 0 spiro atoms. The quantitative estimate of drug-likeness (QED) is 0.892. The standard InChI is InChI=1S/C19H25N3O3/c1-14(23)20-17-7-9-21(10-8-17)19(25)16-11-18(24)22(13-16)12-15-5-3-2-4-6-15/h2-6,16-17H,7-13H2,1H3,(H,20,23). The molecule has 2 aliphatic heterocycles. The topological polar surface area (TPSA) is 69.7 Å². The van der Waals surface area contributed by atoms with Gasteiger partial charge in [-0.05, 0) is 18.4 Å². The largest absolute Gasteiger partial charge is 0.353 e. The Balaban J connectivity index is 1.52. The minimum Gasteiger partial charge on any atom is -0.353 e. The first-order chi connectivity index (χ1) is 12.0. The molecule has 0 bridgehead atoms. The van der Waals surface area contributed by atoms with Crippen molar-refractivity contribution in [2.24, 2.45) is 5.92 Å². The summed E-state index contributed by atoms with van der Waals surface area (Å²) in [5, 5.41) is 2.91. The summed E-state index contributed by atoms with van der Waals surface area (Å²) < 4.78 is 0. The van der Waals surface area contributed by atoms with Gasteiger partial charge in [0.05, 0.1) is 5.92 Å². The van der Waals surface area contributed by atoms with Crippen LogP contribution >= 0.6 is 0 Å². The van der Waals surface area contributed by atoms with Gasteiger partial charge in [0, 0.05) is 45.6 Å². The third-order valence-electron chi connectivity index (χ3n) is 4.99. The van der Waals surface area contributed by atoms with Gasteiger partial charge in [-0.25, -0.2) is 0 Å². The van der Waals surface area contributed by atoms with Crippen molar-refractivity contribution in [3.63, 3.8) is 0 Å². The van der Waals surface area contributed by atoms with Crippen LogP contribution in [0.15, 0.2) is 30.3 Å². The fourth-order valence-electron chi connectivity index (χ4n) is 3.68. The molecular formula is C19H25N3O3. The average Bonchev–Trinajstić information content (AvgIpc) is 2.96. The van der Waals surface area contributed by atoms with Gasteiger partial charge >= 0.3 is 0 Å². The van der Waals surface area contributed by atoms with Gasteiger partial charge in [-0.1, -0.05) is 30.3 Å². The van der Waals surface area contributed by atoms with Crippen molar-refractivity contribution in [3.05, 3.63) is 35.9 Å². The molecule has 1 N–H and O–H groups in total. The zero-order valence-corrected chi connectivity index (χ0v) is 14.6. The van der Waals surface area contributed by atoms with E-state index in [-0.39, 0.29) is 29.7 Å². The highest BCUT2D eigenvalue weighted by Gasteiger charge is 2.37. The lowest BCUT2D eigenvalue weighted by Crippen LogP contribution is -2.48. The fourth-order valence-corrected chi connectivity index (χ4v) is 3.68. The van der Waals surface area contributed by atoms with E-state index in [4.69, 9.17) is 0 Å². The Morgan fingerprint density at radius 1 is 1.16 bits per heavy atom. The van der Waals surface area contributed by atoms with Crippen LogP contribution in [0.4, 0.5) is 0 Å². The Kier molecular flexibility index (Phi) is 5.36. The predicted molar refractivity (Wildman–Crippen MR) is 93.4 cm³/mol. The molecule has 1 aromatic carbocycles. The number of carbonyl (C=O) groups is 3. The minimum absolute atomic E-state index is 0.0253. The lowest BCUT2D eigenvalue weighted by molar-refractivity contribution is -0.137. The summed E-state index contributed by atoms with van der Waals surface area (Å²) in [6.45, 7) is 3.87. The minimum atomic E-state index is -0.242. The number of piperidine rings is 1. The van der Waals surface area contributed by atoms with E-state index in [1.807, 2.05) is 35.2 Å². The number of amides is 3. The fraction of sp³-hybridized carbons (Fsp3) is 0.526. The Bertz CT molecular complexity index is 639. The van der Waals surface area contributed by atoms with E-state index in [2.05, 4.69) is 5.32 Å². The summed E-state index contributed by atoms with van der Waals surface area (Å²) in [5.41, 5.74) is 1.08. The Hall–Kier alpha value is -2.37. The van der Waals surface area contributed by atoms with Crippen molar-refractivity contribution in [2.75, 3.05) is 19.6 Å². The smallest absolute Gasteiger partial charge is 0.227 e. The summed E-state index contributed by atoms with van der Waals surface area (Å²) in [6.07, 6.45) is 1.86. The van der Waals surface area contributed by atoms with E-state index in [0.717, 1.165) is 18.4 Å². The van der Waals surface area contributed by atoms with Gasteiger partial charge in [-0.3, -0.25) is 14.4 Å². The van der Waals surface area contributed by atoms with Crippen LogP contribution in [0, 0.1) is 5.92 Å². The number of nitrogens with zero attached hydrogens (tertiary/aromatic N) is 2. The zero-order valence-electron chi connectivity index (χ0n) is 14.6. The molecule has 2 aliphatic rings. The molecule has 1 unspecified atom stereocenters. The van der Waals surface area contributed by atoms with E-state index in [0.29, 0.717) is 32.6 Å². The van der Waals surface area contributed by atoms with Crippen LogP contribution in [0.2, 0.25) is 0 Å². The first kappa shape index (κ1) is 17.5. The normalized spacial score (nSPS) is 21.5. The molecule has 0 aromatic heterocycles. The SMILES string of the molecule is CC(=O)NC1CCN(C(=O)C2CC(=O)N(Cc3ccccc3)C2)CC1. The second-order valence-electron chi connectivity index (χ2n) is 6.96. The van der Waals surface area contributed by atoms with Gasteiger partial charge in [-0.2, -0.15) is 0 Å². The first-order valence-electron chi connectivity index (χ1n) is 8.90. The van der Waals surface area contributed by atoms with Crippen LogP contribution in [-0.4, -0.2) is 53.2 Å². The van der Waals surface area contributed by atoms with Gasteiger partial charge in [-0.15, -0.1) is 0 Å².